The zero-order valence-corrected chi connectivity index (χ0v) is 14.4. The molecule has 0 radical (unpaired) electrons. The van der Waals surface area contributed by atoms with Crippen molar-refractivity contribution in [1.29, 1.82) is 0 Å². The Labute approximate surface area is 142 Å². The van der Waals surface area contributed by atoms with E-state index in [0.29, 0.717) is 11.1 Å². The Kier molecular flexibility index (Phi) is 4.74. The number of halogens is 1. The van der Waals surface area contributed by atoms with Crippen LogP contribution in [0.1, 0.15) is 23.7 Å². The van der Waals surface area contributed by atoms with E-state index >= 15 is 0 Å². The summed E-state index contributed by atoms with van der Waals surface area (Å²) in [6.45, 7) is 5.31. The number of likely N-dealkylation sites (N-methyl/N-ethyl adjacent to an activating group) is 1. The fourth-order valence-electron chi connectivity index (χ4n) is 2.67. The van der Waals surface area contributed by atoms with Crippen molar-refractivity contribution in [3.8, 4) is 11.5 Å². The molecule has 1 aliphatic rings. The predicted molar refractivity (Wildman–Crippen MR) is 91.2 cm³/mol. The van der Waals surface area contributed by atoms with Gasteiger partial charge in [0.05, 0.1) is 0 Å². The van der Waals surface area contributed by atoms with Gasteiger partial charge in [-0.25, -0.2) is 0 Å². The van der Waals surface area contributed by atoms with Crippen LogP contribution in [0.3, 0.4) is 0 Å². The van der Waals surface area contributed by atoms with Crippen LogP contribution in [-0.2, 0) is 13.0 Å². The average Bonchev–Trinajstić information content (AvgIpc) is 2.94. The molecule has 4 nitrogen and oxygen atoms in total. The molecule has 0 saturated heterocycles. The van der Waals surface area contributed by atoms with Crippen molar-refractivity contribution < 1.29 is 9.47 Å². The topological polar surface area (TPSA) is 34.6 Å². The number of aryl methyl sites for hydroxylation is 1. The highest BCUT2D eigenvalue weighted by Gasteiger charge is 2.19. The molecule has 0 N–H and O–H groups in total. The van der Waals surface area contributed by atoms with Gasteiger partial charge in [-0.2, -0.15) is 0 Å². The summed E-state index contributed by atoms with van der Waals surface area (Å²) in [5.74, 6) is 1.49. The van der Waals surface area contributed by atoms with Gasteiger partial charge < -0.3 is 9.47 Å². The second-order valence-corrected chi connectivity index (χ2v) is 6.50. The second kappa shape index (κ2) is 6.77. The first-order chi connectivity index (χ1) is 11.0. The zero-order valence-electron chi connectivity index (χ0n) is 13.7. The summed E-state index contributed by atoms with van der Waals surface area (Å²) in [5, 5.41) is 0.710. The molecule has 0 aliphatic carbocycles. The predicted octanol–water partition coefficient (Wildman–Crippen LogP) is 3.84. The Hall–Kier alpha value is -1.78. The average molecular weight is 333 g/mol. The van der Waals surface area contributed by atoms with Crippen molar-refractivity contribution in [2.24, 2.45) is 0 Å². The molecule has 0 unspecified atom stereocenters. The van der Waals surface area contributed by atoms with Gasteiger partial charge in [0.1, 0.15) is 0 Å². The number of benzene rings is 1. The van der Waals surface area contributed by atoms with Crippen LogP contribution in [0, 0.1) is 6.92 Å². The maximum atomic E-state index is 6.36. The number of ether oxygens (including phenoxy) is 2. The minimum Gasteiger partial charge on any atom is -0.454 e. The molecule has 1 aromatic carbocycles. The summed E-state index contributed by atoms with van der Waals surface area (Å²) < 4.78 is 10.8. The molecule has 3 rings (SSSR count). The Morgan fingerprint density at radius 1 is 1.26 bits per heavy atom. The molecular weight excluding hydrogens is 312 g/mol. The normalized spacial score (nSPS) is 14.3. The van der Waals surface area contributed by atoms with Crippen LogP contribution < -0.4 is 9.47 Å². The molecule has 2 aromatic rings. The molecule has 1 aromatic heterocycles. The van der Waals surface area contributed by atoms with Crippen LogP contribution in [0.4, 0.5) is 0 Å². The van der Waals surface area contributed by atoms with Crippen LogP contribution >= 0.6 is 11.6 Å². The number of pyridine rings is 1. The molecule has 0 fully saturated rings. The third-order valence-corrected chi connectivity index (χ3v) is 4.54. The van der Waals surface area contributed by atoms with E-state index in [4.69, 9.17) is 21.1 Å². The third-order valence-electron chi connectivity index (χ3n) is 4.19. The number of hydrogen-bond donors (Lipinski definition) is 0. The van der Waals surface area contributed by atoms with Gasteiger partial charge in [0, 0.05) is 42.0 Å². The number of rotatable bonds is 5. The van der Waals surface area contributed by atoms with Gasteiger partial charge in [0.2, 0.25) is 6.79 Å². The van der Waals surface area contributed by atoms with Gasteiger partial charge in [0.25, 0.3) is 0 Å². The lowest BCUT2D eigenvalue weighted by molar-refractivity contribution is 0.174. The van der Waals surface area contributed by atoms with Crippen LogP contribution in [0.15, 0.2) is 30.5 Å². The van der Waals surface area contributed by atoms with E-state index in [-0.39, 0.29) is 6.79 Å². The summed E-state index contributed by atoms with van der Waals surface area (Å²) in [7, 11) is 2.10. The maximum Gasteiger partial charge on any atom is 0.231 e. The number of hydrogen-bond acceptors (Lipinski definition) is 4. The summed E-state index contributed by atoms with van der Waals surface area (Å²) >= 11 is 6.36. The summed E-state index contributed by atoms with van der Waals surface area (Å²) in [6.07, 6.45) is 2.77. The van der Waals surface area contributed by atoms with Crippen molar-refractivity contribution in [3.05, 3.63) is 52.3 Å². The smallest absolute Gasteiger partial charge is 0.231 e. The number of aromatic nitrogens is 1. The third kappa shape index (κ3) is 3.77. The van der Waals surface area contributed by atoms with Gasteiger partial charge in [0.15, 0.2) is 11.5 Å². The van der Waals surface area contributed by atoms with Crippen molar-refractivity contribution in [1.82, 2.24) is 9.88 Å². The summed E-state index contributed by atoms with van der Waals surface area (Å²) in [4.78, 5) is 6.72. The van der Waals surface area contributed by atoms with E-state index < -0.39 is 0 Å². The van der Waals surface area contributed by atoms with E-state index in [1.54, 1.807) is 0 Å². The van der Waals surface area contributed by atoms with Crippen LogP contribution in [0.2, 0.25) is 5.02 Å². The van der Waals surface area contributed by atoms with Gasteiger partial charge in [-0.15, -0.1) is 0 Å². The van der Waals surface area contributed by atoms with Crippen LogP contribution in [0.5, 0.6) is 11.5 Å². The standard InChI is InChI=1S/C18H21ClN2O2/c1-12-4-5-20-15(6-12)7-13(2)21(3)10-14-8-17-18(9-16(14)19)23-11-22-17/h4-6,8-9,13H,7,10-11H2,1-3H3/t13-/m1/s1. The highest BCUT2D eigenvalue weighted by molar-refractivity contribution is 6.31. The second-order valence-electron chi connectivity index (χ2n) is 6.09. The highest BCUT2D eigenvalue weighted by Crippen LogP contribution is 2.37. The van der Waals surface area contributed by atoms with E-state index in [1.165, 1.54) is 5.56 Å². The quantitative estimate of drug-likeness (QED) is 0.833. The maximum absolute atomic E-state index is 6.36. The summed E-state index contributed by atoms with van der Waals surface area (Å²) in [5.41, 5.74) is 3.40. The first-order valence-corrected chi connectivity index (χ1v) is 8.10. The van der Waals surface area contributed by atoms with E-state index in [1.807, 2.05) is 24.4 Å². The molecule has 1 atom stereocenters. The highest BCUT2D eigenvalue weighted by atomic mass is 35.5. The van der Waals surface area contributed by atoms with Gasteiger partial charge in [-0.1, -0.05) is 11.6 Å². The van der Waals surface area contributed by atoms with Gasteiger partial charge >= 0.3 is 0 Å². The number of fused-ring (bicyclic) bond motifs is 1. The molecule has 1 aliphatic heterocycles. The van der Waals surface area contributed by atoms with Crippen molar-refractivity contribution in [3.63, 3.8) is 0 Å². The van der Waals surface area contributed by atoms with Crippen molar-refractivity contribution >= 4 is 11.6 Å². The van der Waals surface area contributed by atoms with E-state index in [9.17, 15) is 0 Å². The largest absolute Gasteiger partial charge is 0.454 e. The molecule has 2 heterocycles. The SMILES string of the molecule is Cc1ccnc(C[C@@H](C)N(C)Cc2cc3c(cc2Cl)OCO3)c1. The molecule has 0 saturated carbocycles. The zero-order chi connectivity index (χ0) is 16.4. The lowest BCUT2D eigenvalue weighted by Crippen LogP contribution is -2.30. The number of nitrogens with zero attached hydrogens (tertiary/aromatic N) is 2. The fraction of sp³-hybridized carbons (Fsp3) is 0.389. The van der Waals surface area contributed by atoms with Gasteiger partial charge in [-0.05, 0) is 50.2 Å². The Morgan fingerprint density at radius 2 is 2.00 bits per heavy atom. The molecule has 5 heteroatoms. The Balaban J connectivity index is 1.68. The van der Waals surface area contributed by atoms with E-state index in [2.05, 4.69) is 36.8 Å². The minimum atomic E-state index is 0.264. The van der Waals surface area contributed by atoms with Gasteiger partial charge in [-0.3, -0.25) is 9.88 Å². The fourth-order valence-corrected chi connectivity index (χ4v) is 2.89. The monoisotopic (exact) mass is 332 g/mol. The van der Waals surface area contributed by atoms with Crippen molar-refractivity contribution in [2.45, 2.75) is 32.9 Å². The first kappa shape index (κ1) is 16.1. The van der Waals surface area contributed by atoms with Crippen molar-refractivity contribution in [2.75, 3.05) is 13.8 Å². The lowest BCUT2D eigenvalue weighted by Gasteiger charge is -2.25. The van der Waals surface area contributed by atoms with E-state index in [0.717, 1.165) is 35.7 Å². The first-order valence-electron chi connectivity index (χ1n) is 7.72. The molecule has 0 bridgehead atoms. The Bertz CT molecular complexity index is 705. The van der Waals surface area contributed by atoms with Crippen LogP contribution in [-0.4, -0.2) is 29.8 Å². The summed E-state index contributed by atoms with van der Waals surface area (Å²) in [6, 6.07) is 8.31. The minimum absolute atomic E-state index is 0.264. The molecule has 0 spiro atoms. The Morgan fingerprint density at radius 3 is 2.74 bits per heavy atom. The molecular formula is C18H21ClN2O2. The lowest BCUT2D eigenvalue weighted by atomic mass is 10.1. The molecule has 0 amide bonds. The molecule has 122 valence electrons. The molecule has 23 heavy (non-hydrogen) atoms. The van der Waals surface area contributed by atoms with Crippen LogP contribution in [0.25, 0.3) is 0 Å².